The van der Waals surface area contributed by atoms with E-state index in [1.165, 1.54) is 0 Å². The fraction of sp³-hybridized carbons (Fsp3) is 0.455. The summed E-state index contributed by atoms with van der Waals surface area (Å²) in [5, 5.41) is 1.98. The summed E-state index contributed by atoms with van der Waals surface area (Å²) < 4.78 is 1.95. The van der Waals surface area contributed by atoms with E-state index in [2.05, 4.69) is 4.98 Å². The lowest BCUT2D eigenvalue weighted by Crippen LogP contribution is -2.05. The number of hydrogen-bond acceptors (Lipinski definition) is 4. The highest BCUT2D eigenvalue weighted by Crippen LogP contribution is 2.12. The summed E-state index contributed by atoms with van der Waals surface area (Å²) in [7, 11) is 0. The summed E-state index contributed by atoms with van der Waals surface area (Å²) in [6, 6.07) is 0. The van der Waals surface area contributed by atoms with Crippen LogP contribution < -0.4 is 5.73 Å². The second-order valence-corrected chi connectivity index (χ2v) is 4.66. The van der Waals surface area contributed by atoms with Crippen LogP contribution in [0.4, 0.5) is 0 Å². The Balaban J connectivity index is 1.89. The van der Waals surface area contributed by atoms with Gasteiger partial charge in [-0.2, -0.15) is 0 Å². The maximum absolute atomic E-state index is 11.6. The summed E-state index contributed by atoms with van der Waals surface area (Å²) in [6.07, 6.45) is 6.74. The maximum Gasteiger partial charge on any atom is 0.193 e. The lowest BCUT2D eigenvalue weighted by Gasteiger charge is -1.97. The Hall–Kier alpha value is -1.20. The van der Waals surface area contributed by atoms with Crippen LogP contribution in [0, 0.1) is 0 Å². The third-order valence-corrected chi connectivity index (χ3v) is 3.20. The molecule has 0 aliphatic heterocycles. The molecule has 0 atom stereocenters. The Morgan fingerprint density at radius 2 is 2.38 bits per heavy atom. The Bertz CT molecular complexity index is 446. The Labute approximate surface area is 98.1 Å². The van der Waals surface area contributed by atoms with Gasteiger partial charge in [-0.3, -0.25) is 9.20 Å². The van der Waals surface area contributed by atoms with Crippen molar-refractivity contribution in [1.82, 2.24) is 9.38 Å². The maximum atomic E-state index is 11.6. The van der Waals surface area contributed by atoms with Crippen molar-refractivity contribution in [2.45, 2.75) is 25.7 Å². The number of carbonyl (C=O) groups is 1. The minimum atomic E-state index is 0.249. The van der Waals surface area contributed by atoms with Gasteiger partial charge in [0.15, 0.2) is 4.96 Å². The van der Waals surface area contributed by atoms with Crippen LogP contribution in [0.25, 0.3) is 4.96 Å². The van der Waals surface area contributed by atoms with Gasteiger partial charge in [0.25, 0.3) is 0 Å². The molecule has 2 rings (SSSR count). The highest BCUT2D eigenvalue weighted by Gasteiger charge is 2.07. The predicted molar refractivity (Wildman–Crippen MR) is 64.7 cm³/mol. The van der Waals surface area contributed by atoms with E-state index in [1.54, 1.807) is 11.3 Å². The number of hydrogen-bond donors (Lipinski definition) is 1. The van der Waals surface area contributed by atoms with E-state index in [0.717, 1.165) is 23.5 Å². The van der Waals surface area contributed by atoms with Crippen molar-refractivity contribution in [2.75, 3.05) is 6.54 Å². The van der Waals surface area contributed by atoms with Crippen molar-refractivity contribution in [2.24, 2.45) is 5.73 Å². The molecule has 0 aromatic carbocycles. The van der Waals surface area contributed by atoms with Crippen molar-refractivity contribution in [3.8, 4) is 0 Å². The molecule has 0 radical (unpaired) electrons. The summed E-state index contributed by atoms with van der Waals surface area (Å²) in [5.74, 6) is 0.249. The number of aromatic nitrogens is 2. The van der Waals surface area contributed by atoms with E-state index >= 15 is 0 Å². The molecule has 0 bridgehead atoms. The van der Waals surface area contributed by atoms with Crippen LogP contribution >= 0.6 is 11.3 Å². The molecule has 0 fully saturated rings. The number of rotatable bonds is 6. The van der Waals surface area contributed by atoms with Gasteiger partial charge in [0.1, 0.15) is 5.78 Å². The molecule has 0 amide bonds. The smallest absolute Gasteiger partial charge is 0.193 e. The first-order valence-electron chi connectivity index (χ1n) is 5.42. The van der Waals surface area contributed by atoms with Crippen molar-refractivity contribution < 1.29 is 4.79 Å². The summed E-state index contributed by atoms with van der Waals surface area (Å²) in [6.45, 7) is 0.660. The molecule has 2 aromatic heterocycles. The number of carbonyl (C=O) groups excluding carboxylic acids is 1. The van der Waals surface area contributed by atoms with Gasteiger partial charge >= 0.3 is 0 Å². The van der Waals surface area contributed by atoms with Gasteiger partial charge in [-0.1, -0.05) is 0 Å². The lowest BCUT2D eigenvalue weighted by molar-refractivity contribution is -0.118. The largest absolute Gasteiger partial charge is 0.330 e. The number of imidazole rings is 1. The van der Waals surface area contributed by atoms with E-state index in [-0.39, 0.29) is 5.78 Å². The summed E-state index contributed by atoms with van der Waals surface area (Å²) >= 11 is 1.58. The topological polar surface area (TPSA) is 60.4 Å². The number of thiazole rings is 1. The van der Waals surface area contributed by atoms with Crippen molar-refractivity contribution in [1.29, 1.82) is 0 Å². The minimum Gasteiger partial charge on any atom is -0.330 e. The van der Waals surface area contributed by atoms with Crippen molar-refractivity contribution >= 4 is 22.1 Å². The van der Waals surface area contributed by atoms with Crippen LogP contribution in [-0.4, -0.2) is 21.7 Å². The third-order valence-electron chi connectivity index (χ3n) is 2.43. The summed E-state index contributed by atoms with van der Waals surface area (Å²) in [4.78, 5) is 16.9. The SMILES string of the molecule is NCCCCC(=O)Cc1cn2ccsc2n1. The predicted octanol–water partition coefficient (Wildman–Crippen LogP) is 1.64. The van der Waals surface area contributed by atoms with Gasteiger partial charge in [0, 0.05) is 24.2 Å². The highest BCUT2D eigenvalue weighted by molar-refractivity contribution is 7.15. The van der Waals surface area contributed by atoms with Crippen LogP contribution in [0.3, 0.4) is 0 Å². The summed E-state index contributed by atoms with van der Waals surface area (Å²) in [5.41, 5.74) is 6.24. The molecule has 0 aliphatic rings. The van der Waals surface area contributed by atoms with E-state index in [4.69, 9.17) is 5.73 Å². The molecule has 0 aliphatic carbocycles. The molecule has 86 valence electrons. The molecule has 2 N–H and O–H groups in total. The second-order valence-electron chi connectivity index (χ2n) is 3.79. The molecule has 2 heterocycles. The molecule has 0 spiro atoms. The van der Waals surface area contributed by atoms with Gasteiger partial charge in [-0.05, 0) is 19.4 Å². The number of fused-ring (bicyclic) bond motifs is 1. The molecule has 5 heteroatoms. The number of nitrogens with two attached hydrogens (primary N) is 1. The number of nitrogens with zero attached hydrogens (tertiary/aromatic N) is 2. The molecule has 0 saturated heterocycles. The highest BCUT2D eigenvalue weighted by atomic mass is 32.1. The van der Waals surface area contributed by atoms with E-state index in [1.807, 2.05) is 22.2 Å². The fourth-order valence-electron chi connectivity index (χ4n) is 1.62. The zero-order chi connectivity index (χ0) is 11.4. The number of unbranched alkanes of at least 4 members (excludes halogenated alkanes) is 1. The monoisotopic (exact) mass is 237 g/mol. The Kier molecular flexibility index (Phi) is 3.69. The lowest BCUT2D eigenvalue weighted by atomic mass is 10.1. The van der Waals surface area contributed by atoms with Crippen molar-refractivity contribution in [3.05, 3.63) is 23.5 Å². The normalized spacial score (nSPS) is 11.1. The van der Waals surface area contributed by atoms with Crippen LogP contribution in [0.5, 0.6) is 0 Å². The molecule has 4 nitrogen and oxygen atoms in total. The van der Waals surface area contributed by atoms with Crippen molar-refractivity contribution in [3.63, 3.8) is 0 Å². The van der Waals surface area contributed by atoms with Gasteiger partial charge in [0.05, 0.1) is 12.1 Å². The molecule has 16 heavy (non-hydrogen) atoms. The molecule has 0 unspecified atom stereocenters. The van der Waals surface area contributed by atoms with Gasteiger partial charge in [0.2, 0.25) is 0 Å². The van der Waals surface area contributed by atoms with E-state index in [9.17, 15) is 4.79 Å². The minimum absolute atomic E-state index is 0.249. The average Bonchev–Trinajstić information content (AvgIpc) is 2.78. The number of ketones is 1. The Morgan fingerprint density at radius 3 is 3.12 bits per heavy atom. The first kappa shape index (κ1) is 11.3. The van der Waals surface area contributed by atoms with E-state index < -0.39 is 0 Å². The van der Waals surface area contributed by atoms with Gasteiger partial charge < -0.3 is 5.73 Å². The fourth-order valence-corrected chi connectivity index (χ4v) is 2.34. The first-order chi connectivity index (χ1) is 7.79. The molecule has 2 aromatic rings. The van der Waals surface area contributed by atoms with Crippen LogP contribution in [0.1, 0.15) is 25.0 Å². The van der Waals surface area contributed by atoms with Crippen LogP contribution in [0.15, 0.2) is 17.8 Å². The standard InChI is InChI=1S/C11H15N3OS/c12-4-2-1-3-10(15)7-9-8-14-5-6-16-11(14)13-9/h5-6,8H,1-4,7,12H2. The van der Waals surface area contributed by atoms with Crippen LogP contribution in [-0.2, 0) is 11.2 Å². The van der Waals surface area contributed by atoms with Crippen LogP contribution in [0.2, 0.25) is 0 Å². The Morgan fingerprint density at radius 1 is 1.50 bits per heavy atom. The average molecular weight is 237 g/mol. The van der Waals surface area contributed by atoms with Gasteiger partial charge in [-0.15, -0.1) is 11.3 Å². The zero-order valence-corrected chi connectivity index (χ0v) is 9.87. The molecular weight excluding hydrogens is 222 g/mol. The first-order valence-corrected chi connectivity index (χ1v) is 6.30. The molecule has 0 saturated carbocycles. The van der Waals surface area contributed by atoms with E-state index in [0.29, 0.717) is 19.4 Å². The quantitative estimate of drug-likeness (QED) is 0.777. The number of Topliss-reactive ketones (excluding diaryl/α,β-unsaturated/α-hetero) is 1. The second kappa shape index (κ2) is 5.23. The van der Waals surface area contributed by atoms with Gasteiger partial charge in [-0.25, -0.2) is 4.98 Å². The zero-order valence-electron chi connectivity index (χ0n) is 9.06. The third kappa shape index (κ3) is 2.68. The molecular formula is C11H15N3OS.